The Morgan fingerprint density at radius 1 is 1.56 bits per heavy atom. The summed E-state index contributed by atoms with van der Waals surface area (Å²) < 4.78 is 0. The summed E-state index contributed by atoms with van der Waals surface area (Å²) in [7, 11) is 0. The Hall–Kier alpha value is -1.62. The van der Waals surface area contributed by atoms with Crippen LogP contribution in [0.2, 0.25) is 0 Å². The zero-order valence-corrected chi connectivity index (χ0v) is 11.1. The number of rotatable bonds is 5. The van der Waals surface area contributed by atoms with Gasteiger partial charge in [0.1, 0.15) is 5.82 Å². The van der Waals surface area contributed by atoms with Crippen molar-refractivity contribution in [3.8, 4) is 0 Å². The van der Waals surface area contributed by atoms with Crippen LogP contribution >= 0.6 is 0 Å². The molecule has 1 rings (SSSR count). The molecular weight excluding hydrogens is 230 g/mol. The first kappa shape index (κ1) is 14.4. The molecule has 1 amide bonds. The van der Waals surface area contributed by atoms with Gasteiger partial charge in [-0.15, -0.1) is 0 Å². The molecule has 0 aliphatic heterocycles. The molecule has 0 bridgehead atoms. The fraction of sp³-hybridized carbons (Fsp3) is 0.538. The van der Waals surface area contributed by atoms with E-state index in [1.54, 1.807) is 18.3 Å². The summed E-state index contributed by atoms with van der Waals surface area (Å²) in [5, 5.41) is 12.3. The van der Waals surface area contributed by atoms with Crippen molar-refractivity contribution >= 4 is 11.7 Å². The van der Waals surface area contributed by atoms with E-state index in [9.17, 15) is 4.79 Å². The fourth-order valence-corrected chi connectivity index (χ4v) is 1.73. The highest BCUT2D eigenvalue weighted by Crippen LogP contribution is 2.25. The number of amides is 1. The average molecular weight is 251 g/mol. The number of aliphatic hydroxyl groups is 1. The van der Waals surface area contributed by atoms with Gasteiger partial charge >= 0.3 is 0 Å². The molecule has 0 aliphatic rings. The minimum Gasteiger partial charge on any atom is -0.396 e. The van der Waals surface area contributed by atoms with Crippen LogP contribution in [0.1, 0.15) is 37.6 Å². The number of nitrogens with one attached hydrogen (secondary N) is 1. The lowest BCUT2D eigenvalue weighted by molar-refractivity contribution is 0.100. The Labute approximate surface area is 107 Å². The number of anilines is 1. The van der Waals surface area contributed by atoms with Gasteiger partial charge in [-0.05, 0) is 24.0 Å². The van der Waals surface area contributed by atoms with Crippen molar-refractivity contribution in [2.45, 2.75) is 33.2 Å². The third-order valence-corrected chi connectivity index (χ3v) is 2.85. The van der Waals surface area contributed by atoms with Gasteiger partial charge in [0.15, 0.2) is 0 Å². The number of hydrogen-bond donors (Lipinski definition) is 3. The largest absolute Gasteiger partial charge is 0.396 e. The summed E-state index contributed by atoms with van der Waals surface area (Å²) >= 11 is 0. The molecule has 0 aromatic carbocycles. The minimum atomic E-state index is -0.512. The number of hydrogen-bond acceptors (Lipinski definition) is 4. The minimum absolute atomic E-state index is 0.00972. The molecule has 1 aromatic rings. The van der Waals surface area contributed by atoms with E-state index in [0.717, 1.165) is 0 Å². The predicted molar refractivity (Wildman–Crippen MR) is 71.3 cm³/mol. The van der Waals surface area contributed by atoms with Crippen molar-refractivity contribution in [2.24, 2.45) is 11.1 Å². The predicted octanol–water partition coefficient (Wildman–Crippen LogP) is 1.39. The normalized spacial score (nSPS) is 13.1. The molecule has 0 saturated heterocycles. The molecule has 0 radical (unpaired) electrons. The lowest BCUT2D eigenvalue weighted by Crippen LogP contribution is -2.36. The van der Waals surface area contributed by atoms with Crippen LogP contribution in [-0.4, -0.2) is 28.6 Å². The van der Waals surface area contributed by atoms with Crippen molar-refractivity contribution in [3.63, 3.8) is 0 Å². The molecule has 0 aliphatic carbocycles. The van der Waals surface area contributed by atoms with Crippen LogP contribution in [0.15, 0.2) is 18.3 Å². The summed E-state index contributed by atoms with van der Waals surface area (Å²) in [6.07, 6.45) is 2.19. The maximum atomic E-state index is 11.3. The average Bonchev–Trinajstić information content (AvgIpc) is 2.27. The molecule has 5 heteroatoms. The molecular formula is C13H21N3O2. The Bertz CT molecular complexity index is 413. The van der Waals surface area contributed by atoms with Gasteiger partial charge in [0.25, 0.3) is 5.91 Å². The molecule has 1 heterocycles. The second-order valence-corrected chi connectivity index (χ2v) is 5.34. The van der Waals surface area contributed by atoms with Crippen molar-refractivity contribution in [1.82, 2.24) is 4.98 Å². The van der Waals surface area contributed by atoms with Gasteiger partial charge in [0.2, 0.25) is 0 Å². The topological polar surface area (TPSA) is 88.2 Å². The molecule has 18 heavy (non-hydrogen) atoms. The van der Waals surface area contributed by atoms with Crippen molar-refractivity contribution in [2.75, 3.05) is 11.9 Å². The second kappa shape index (κ2) is 5.82. The summed E-state index contributed by atoms with van der Waals surface area (Å²) in [6.45, 7) is 6.27. The van der Waals surface area contributed by atoms with E-state index in [1.165, 1.54) is 0 Å². The third kappa shape index (κ3) is 3.70. The van der Waals surface area contributed by atoms with E-state index in [4.69, 9.17) is 10.8 Å². The lowest BCUT2D eigenvalue weighted by atomic mass is 9.85. The first-order valence-electron chi connectivity index (χ1n) is 5.98. The molecule has 1 unspecified atom stereocenters. The van der Waals surface area contributed by atoms with Gasteiger partial charge in [0, 0.05) is 18.8 Å². The molecule has 5 nitrogen and oxygen atoms in total. The number of carbonyl (C=O) groups excluding carboxylic acids is 1. The molecule has 0 saturated carbocycles. The van der Waals surface area contributed by atoms with Gasteiger partial charge in [-0.1, -0.05) is 20.8 Å². The third-order valence-electron chi connectivity index (χ3n) is 2.85. The standard InChI is InChI=1S/C13H21N3O2/c1-13(2,3)10(6-8-17)16-12-9(11(14)18)5-4-7-15-12/h4-5,7,10,17H,6,8H2,1-3H3,(H2,14,18)(H,15,16). The molecule has 1 aromatic heterocycles. The molecule has 4 N–H and O–H groups in total. The second-order valence-electron chi connectivity index (χ2n) is 5.34. The SMILES string of the molecule is CC(C)(C)C(CCO)Nc1ncccc1C(N)=O. The van der Waals surface area contributed by atoms with Crippen molar-refractivity contribution in [1.29, 1.82) is 0 Å². The zero-order valence-electron chi connectivity index (χ0n) is 11.1. The Morgan fingerprint density at radius 2 is 2.22 bits per heavy atom. The van der Waals surface area contributed by atoms with Crippen LogP contribution in [0.25, 0.3) is 0 Å². The van der Waals surface area contributed by atoms with Crippen LogP contribution in [0.3, 0.4) is 0 Å². The van der Waals surface area contributed by atoms with Crippen molar-refractivity contribution < 1.29 is 9.90 Å². The summed E-state index contributed by atoms with van der Waals surface area (Å²) in [5.41, 5.74) is 5.61. The number of nitrogens with zero attached hydrogens (tertiary/aromatic N) is 1. The zero-order chi connectivity index (χ0) is 13.8. The monoisotopic (exact) mass is 251 g/mol. The van der Waals surface area contributed by atoms with Crippen LogP contribution in [0.5, 0.6) is 0 Å². The van der Waals surface area contributed by atoms with E-state index < -0.39 is 5.91 Å². The maximum absolute atomic E-state index is 11.3. The van der Waals surface area contributed by atoms with Gasteiger partial charge in [-0.3, -0.25) is 4.79 Å². The molecule has 1 atom stereocenters. The van der Waals surface area contributed by atoms with E-state index in [0.29, 0.717) is 17.8 Å². The van der Waals surface area contributed by atoms with E-state index in [2.05, 4.69) is 31.1 Å². The summed E-state index contributed by atoms with van der Waals surface area (Å²) in [5.74, 6) is -0.0411. The smallest absolute Gasteiger partial charge is 0.252 e. The first-order chi connectivity index (χ1) is 8.36. The number of pyridine rings is 1. The highest BCUT2D eigenvalue weighted by Gasteiger charge is 2.25. The van der Waals surface area contributed by atoms with Gasteiger partial charge in [0.05, 0.1) is 5.56 Å². The highest BCUT2D eigenvalue weighted by molar-refractivity contribution is 5.97. The van der Waals surface area contributed by atoms with E-state index in [1.807, 2.05) is 0 Å². The maximum Gasteiger partial charge on any atom is 0.252 e. The van der Waals surface area contributed by atoms with Crippen molar-refractivity contribution in [3.05, 3.63) is 23.9 Å². The summed E-state index contributed by atoms with van der Waals surface area (Å²) in [4.78, 5) is 15.4. The Kier molecular flexibility index (Phi) is 4.67. The number of primary amides is 1. The number of nitrogens with two attached hydrogens (primary N) is 1. The highest BCUT2D eigenvalue weighted by atomic mass is 16.3. The quantitative estimate of drug-likeness (QED) is 0.738. The lowest BCUT2D eigenvalue weighted by Gasteiger charge is -2.32. The van der Waals surface area contributed by atoms with Gasteiger partial charge < -0.3 is 16.2 Å². The molecule has 0 spiro atoms. The number of carbonyl (C=O) groups is 1. The van der Waals surface area contributed by atoms with Crippen LogP contribution < -0.4 is 11.1 Å². The summed E-state index contributed by atoms with van der Waals surface area (Å²) in [6, 6.07) is 3.32. The van der Waals surface area contributed by atoms with E-state index >= 15 is 0 Å². The number of aromatic nitrogens is 1. The molecule has 100 valence electrons. The first-order valence-corrected chi connectivity index (χ1v) is 5.98. The van der Waals surface area contributed by atoms with Gasteiger partial charge in [-0.2, -0.15) is 0 Å². The Balaban J connectivity index is 2.97. The van der Waals surface area contributed by atoms with Gasteiger partial charge in [-0.25, -0.2) is 4.98 Å². The van der Waals surface area contributed by atoms with E-state index in [-0.39, 0.29) is 18.1 Å². The molecule has 0 fully saturated rings. The Morgan fingerprint density at radius 3 is 2.72 bits per heavy atom. The van der Waals surface area contributed by atoms with Crippen LogP contribution in [0, 0.1) is 5.41 Å². The van der Waals surface area contributed by atoms with Crippen LogP contribution in [-0.2, 0) is 0 Å². The number of aliphatic hydroxyl groups excluding tert-OH is 1. The fourth-order valence-electron chi connectivity index (χ4n) is 1.73. The van der Waals surface area contributed by atoms with Crippen LogP contribution in [0.4, 0.5) is 5.82 Å².